The standard InChI is InChI=1S/C18H28O4/c1-5-6-7-8-9-10-11-15(19)14-12-13-16(20-2)18(22-4)17(14)21-3/h12-13H,5-11H2,1-4H3. The Morgan fingerprint density at radius 2 is 1.50 bits per heavy atom. The van der Waals surface area contributed by atoms with Crippen LogP contribution in [0.15, 0.2) is 12.1 Å². The highest BCUT2D eigenvalue weighted by molar-refractivity contribution is 5.99. The second-order valence-electron chi connectivity index (χ2n) is 5.32. The van der Waals surface area contributed by atoms with E-state index in [2.05, 4.69) is 6.92 Å². The minimum absolute atomic E-state index is 0.0910. The lowest BCUT2D eigenvalue weighted by atomic mass is 10.0. The van der Waals surface area contributed by atoms with Crippen LogP contribution < -0.4 is 14.2 Å². The fraction of sp³-hybridized carbons (Fsp3) is 0.611. The monoisotopic (exact) mass is 308 g/mol. The van der Waals surface area contributed by atoms with E-state index >= 15 is 0 Å². The van der Waals surface area contributed by atoms with Crippen LogP contribution in [0, 0.1) is 0 Å². The van der Waals surface area contributed by atoms with Gasteiger partial charge in [0.05, 0.1) is 26.9 Å². The van der Waals surface area contributed by atoms with E-state index in [1.807, 2.05) is 0 Å². The molecule has 0 N–H and O–H groups in total. The largest absolute Gasteiger partial charge is 0.493 e. The Bertz CT molecular complexity index is 468. The first kappa shape index (κ1) is 18.3. The molecule has 0 aliphatic carbocycles. The SMILES string of the molecule is CCCCCCCCC(=O)c1ccc(OC)c(OC)c1OC. The predicted molar refractivity (Wildman–Crippen MR) is 88.4 cm³/mol. The van der Waals surface area contributed by atoms with Gasteiger partial charge in [0.15, 0.2) is 17.3 Å². The number of carbonyl (C=O) groups is 1. The van der Waals surface area contributed by atoms with Crippen LogP contribution >= 0.6 is 0 Å². The molecule has 0 atom stereocenters. The zero-order chi connectivity index (χ0) is 16.4. The van der Waals surface area contributed by atoms with Crippen LogP contribution in [-0.2, 0) is 0 Å². The molecule has 0 spiro atoms. The molecule has 1 rings (SSSR count). The number of unbranched alkanes of at least 4 members (excludes halogenated alkanes) is 5. The topological polar surface area (TPSA) is 44.8 Å². The Balaban J connectivity index is 2.69. The van der Waals surface area contributed by atoms with E-state index in [1.165, 1.54) is 25.7 Å². The lowest BCUT2D eigenvalue weighted by Crippen LogP contribution is -2.05. The van der Waals surface area contributed by atoms with E-state index in [-0.39, 0.29) is 5.78 Å². The van der Waals surface area contributed by atoms with Crippen molar-refractivity contribution in [2.45, 2.75) is 51.9 Å². The van der Waals surface area contributed by atoms with Crippen LogP contribution in [0.1, 0.15) is 62.2 Å². The van der Waals surface area contributed by atoms with Gasteiger partial charge in [-0.3, -0.25) is 4.79 Å². The summed E-state index contributed by atoms with van der Waals surface area (Å²) >= 11 is 0. The summed E-state index contributed by atoms with van der Waals surface area (Å²) in [5.74, 6) is 1.58. The van der Waals surface area contributed by atoms with Gasteiger partial charge < -0.3 is 14.2 Å². The molecule has 22 heavy (non-hydrogen) atoms. The summed E-state index contributed by atoms with van der Waals surface area (Å²) in [4.78, 5) is 12.4. The van der Waals surface area contributed by atoms with Crippen molar-refractivity contribution in [2.75, 3.05) is 21.3 Å². The van der Waals surface area contributed by atoms with Crippen LogP contribution in [0.2, 0.25) is 0 Å². The zero-order valence-electron chi connectivity index (χ0n) is 14.2. The Labute approximate surface area is 133 Å². The molecule has 1 aromatic rings. The van der Waals surface area contributed by atoms with Crippen molar-refractivity contribution in [1.82, 2.24) is 0 Å². The Morgan fingerprint density at radius 3 is 2.09 bits per heavy atom. The Morgan fingerprint density at radius 1 is 0.864 bits per heavy atom. The molecule has 4 heteroatoms. The molecular formula is C18H28O4. The van der Waals surface area contributed by atoms with Crippen molar-refractivity contribution in [3.05, 3.63) is 17.7 Å². The highest BCUT2D eigenvalue weighted by Gasteiger charge is 2.20. The molecule has 0 saturated carbocycles. The van der Waals surface area contributed by atoms with Gasteiger partial charge in [0.1, 0.15) is 0 Å². The fourth-order valence-corrected chi connectivity index (χ4v) is 2.52. The summed E-state index contributed by atoms with van der Waals surface area (Å²) in [6.45, 7) is 2.20. The third-order valence-electron chi connectivity index (χ3n) is 3.76. The summed E-state index contributed by atoms with van der Waals surface area (Å²) < 4.78 is 15.9. The molecule has 124 valence electrons. The molecule has 4 nitrogen and oxygen atoms in total. The first-order valence-electron chi connectivity index (χ1n) is 8.01. The molecule has 0 saturated heterocycles. The molecular weight excluding hydrogens is 280 g/mol. The van der Waals surface area contributed by atoms with Crippen LogP contribution in [0.4, 0.5) is 0 Å². The van der Waals surface area contributed by atoms with Gasteiger partial charge in [0, 0.05) is 6.42 Å². The van der Waals surface area contributed by atoms with E-state index in [0.29, 0.717) is 29.2 Å². The molecule has 0 heterocycles. The highest BCUT2D eigenvalue weighted by atomic mass is 16.5. The minimum atomic E-state index is 0.0910. The smallest absolute Gasteiger partial charge is 0.204 e. The molecule has 1 aromatic carbocycles. The van der Waals surface area contributed by atoms with Crippen LogP contribution in [-0.4, -0.2) is 27.1 Å². The lowest BCUT2D eigenvalue weighted by molar-refractivity contribution is 0.0975. The lowest BCUT2D eigenvalue weighted by Gasteiger charge is -2.15. The second kappa shape index (κ2) is 10.1. The number of hydrogen-bond donors (Lipinski definition) is 0. The molecule has 0 radical (unpaired) electrons. The maximum atomic E-state index is 12.4. The van der Waals surface area contributed by atoms with Crippen molar-refractivity contribution in [1.29, 1.82) is 0 Å². The van der Waals surface area contributed by atoms with Crippen molar-refractivity contribution in [2.24, 2.45) is 0 Å². The van der Waals surface area contributed by atoms with Crippen molar-refractivity contribution < 1.29 is 19.0 Å². The number of hydrogen-bond acceptors (Lipinski definition) is 4. The Hall–Kier alpha value is -1.71. The Kier molecular flexibility index (Phi) is 8.41. The number of benzene rings is 1. The van der Waals surface area contributed by atoms with Gasteiger partial charge in [0.25, 0.3) is 0 Å². The molecule has 0 aliphatic rings. The average Bonchev–Trinajstić information content (AvgIpc) is 2.56. The molecule has 0 fully saturated rings. The minimum Gasteiger partial charge on any atom is -0.493 e. The van der Waals surface area contributed by atoms with Crippen molar-refractivity contribution in [3.8, 4) is 17.2 Å². The van der Waals surface area contributed by atoms with E-state index in [0.717, 1.165) is 12.8 Å². The van der Waals surface area contributed by atoms with E-state index < -0.39 is 0 Å². The van der Waals surface area contributed by atoms with E-state index in [1.54, 1.807) is 33.5 Å². The number of carbonyl (C=O) groups excluding carboxylic acids is 1. The highest BCUT2D eigenvalue weighted by Crippen LogP contribution is 2.40. The zero-order valence-corrected chi connectivity index (χ0v) is 14.2. The first-order valence-corrected chi connectivity index (χ1v) is 8.01. The van der Waals surface area contributed by atoms with Crippen molar-refractivity contribution >= 4 is 5.78 Å². The quantitative estimate of drug-likeness (QED) is 0.441. The van der Waals surface area contributed by atoms with Gasteiger partial charge in [-0.2, -0.15) is 0 Å². The van der Waals surface area contributed by atoms with E-state index in [4.69, 9.17) is 14.2 Å². The average molecular weight is 308 g/mol. The summed E-state index contributed by atoms with van der Waals surface area (Å²) in [5.41, 5.74) is 0.564. The normalized spacial score (nSPS) is 10.4. The van der Waals surface area contributed by atoms with Crippen LogP contribution in [0.5, 0.6) is 17.2 Å². The van der Waals surface area contributed by atoms with Crippen LogP contribution in [0.25, 0.3) is 0 Å². The first-order chi connectivity index (χ1) is 10.7. The van der Waals surface area contributed by atoms with Gasteiger partial charge in [0.2, 0.25) is 5.75 Å². The summed E-state index contributed by atoms with van der Waals surface area (Å²) in [7, 11) is 4.65. The van der Waals surface area contributed by atoms with Crippen molar-refractivity contribution in [3.63, 3.8) is 0 Å². The molecule has 0 aromatic heterocycles. The molecule has 0 amide bonds. The molecule has 0 bridgehead atoms. The van der Waals surface area contributed by atoms with E-state index in [9.17, 15) is 4.79 Å². The third kappa shape index (κ3) is 4.93. The molecule has 0 aliphatic heterocycles. The number of ketones is 1. The predicted octanol–water partition coefficient (Wildman–Crippen LogP) is 4.65. The van der Waals surface area contributed by atoms with Gasteiger partial charge in [-0.05, 0) is 18.6 Å². The van der Waals surface area contributed by atoms with Crippen LogP contribution in [0.3, 0.4) is 0 Å². The fourth-order valence-electron chi connectivity index (χ4n) is 2.52. The van der Waals surface area contributed by atoms with Gasteiger partial charge in [-0.15, -0.1) is 0 Å². The maximum absolute atomic E-state index is 12.4. The summed E-state index contributed by atoms with van der Waals surface area (Å²) in [6, 6.07) is 3.50. The number of ether oxygens (including phenoxy) is 3. The van der Waals surface area contributed by atoms with Gasteiger partial charge in [-0.25, -0.2) is 0 Å². The number of methoxy groups -OCH3 is 3. The van der Waals surface area contributed by atoms with Gasteiger partial charge in [-0.1, -0.05) is 39.0 Å². The second-order valence-corrected chi connectivity index (χ2v) is 5.32. The summed E-state index contributed by atoms with van der Waals surface area (Å²) in [6.07, 6.45) is 7.52. The number of Topliss-reactive ketones (excluding diaryl/α,β-unsaturated/α-hetero) is 1. The molecule has 0 unspecified atom stereocenters. The number of rotatable bonds is 11. The third-order valence-corrected chi connectivity index (χ3v) is 3.76. The maximum Gasteiger partial charge on any atom is 0.204 e. The summed E-state index contributed by atoms with van der Waals surface area (Å²) in [5, 5.41) is 0. The van der Waals surface area contributed by atoms with Gasteiger partial charge >= 0.3 is 0 Å².